The Labute approximate surface area is 119 Å². The largest absolute Gasteiger partial charge is 0.271 e. The summed E-state index contributed by atoms with van der Waals surface area (Å²) in [5, 5.41) is 0. The highest BCUT2D eigenvalue weighted by Crippen LogP contribution is 2.23. The lowest BCUT2D eigenvalue weighted by Crippen LogP contribution is -2.30. The SMILES string of the molecule is Cc1ccc(C(Cc2cc(C)ccc2C)NN)c(F)c1. The smallest absolute Gasteiger partial charge is 0.128 e. The number of rotatable bonds is 4. The average molecular weight is 272 g/mol. The second-order valence-electron chi connectivity index (χ2n) is 5.38. The average Bonchev–Trinajstić information content (AvgIpc) is 2.40. The Kier molecular flexibility index (Phi) is 4.53. The fourth-order valence-corrected chi connectivity index (χ4v) is 2.41. The molecule has 1 atom stereocenters. The molecule has 0 heterocycles. The van der Waals surface area contributed by atoms with Crippen LogP contribution in [0.15, 0.2) is 36.4 Å². The number of benzene rings is 2. The molecular weight excluding hydrogens is 251 g/mol. The Morgan fingerprint density at radius 3 is 2.35 bits per heavy atom. The van der Waals surface area contributed by atoms with Crippen molar-refractivity contribution in [3.05, 3.63) is 70.0 Å². The maximum Gasteiger partial charge on any atom is 0.128 e. The van der Waals surface area contributed by atoms with Crippen molar-refractivity contribution < 1.29 is 4.39 Å². The molecule has 0 aromatic heterocycles. The lowest BCUT2D eigenvalue weighted by molar-refractivity contribution is 0.509. The Morgan fingerprint density at radius 1 is 1.05 bits per heavy atom. The van der Waals surface area contributed by atoms with Gasteiger partial charge in [0, 0.05) is 5.56 Å². The standard InChI is InChI=1S/C17H21FN2/c1-11-4-6-13(3)14(8-11)10-17(20-19)15-7-5-12(2)9-16(15)18/h4-9,17,20H,10,19H2,1-3H3. The summed E-state index contributed by atoms with van der Waals surface area (Å²) in [7, 11) is 0. The molecule has 3 heteroatoms. The minimum atomic E-state index is -0.226. The van der Waals surface area contributed by atoms with Gasteiger partial charge in [-0.25, -0.2) is 4.39 Å². The van der Waals surface area contributed by atoms with E-state index >= 15 is 0 Å². The summed E-state index contributed by atoms with van der Waals surface area (Å²) >= 11 is 0. The minimum absolute atomic E-state index is 0.210. The van der Waals surface area contributed by atoms with E-state index in [2.05, 4.69) is 37.5 Å². The van der Waals surface area contributed by atoms with Gasteiger partial charge in [-0.15, -0.1) is 0 Å². The Balaban J connectivity index is 2.31. The summed E-state index contributed by atoms with van der Waals surface area (Å²) in [6, 6.07) is 11.3. The van der Waals surface area contributed by atoms with Gasteiger partial charge in [-0.1, -0.05) is 35.9 Å². The van der Waals surface area contributed by atoms with Crippen LogP contribution in [-0.4, -0.2) is 0 Å². The Morgan fingerprint density at radius 2 is 1.70 bits per heavy atom. The lowest BCUT2D eigenvalue weighted by atomic mass is 9.94. The molecule has 0 fully saturated rings. The van der Waals surface area contributed by atoms with Crippen LogP contribution in [-0.2, 0) is 6.42 Å². The molecule has 1 unspecified atom stereocenters. The molecule has 0 saturated carbocycles. The molecule has 0 spiro atoms. The number of nitrogens with two attached hydrogens (primary N) is 1. The summed E-state index contributed by atoms with van der Waals surface area (Å²) in [6.45, 7) is 6.00. The van der Waals surface area contributed by atoms with Crippen molar-refractivity contribution in [3.63, 3.8) is 0 Å². The molecule has 2 aromatic carbocycles. The van der Waals surface area contributed by atoms with Gasteiger partial charge < -0.3 is 0 Å². The first-order valence-corrected chi connectivity index (χ1v) is 6.79. The third-order valence-corrected chi connectivity index (χ3v) is 3.66. The normalized spacial score (nSPS) is 12.4. The fourth-order valence-electron chi connectivity index (χ4n) is 2.41. The zero-order valence-electron chi connectivity index (χ0n) is 12.2. The summed E-state index contributed by atoms with van der Waals surface area (Å²) in [6.07, 6.45) is 0.671. The molecule has 20 heavy (non-hydrogen) atoms. The third kappa shape index (κ3) is 3.24. The van der Waals surface area contributed by atoms with Crippen molar-refractivity contribution in [2.45, 2.75) is 33.2 Å². The molecule has 2 nitrogen and oxygen atoms in total. The molecule has 0 aliphatic carbocycles. The second kappa shape index (κ2) is 6.16. The highest BCUT2D eigenvalue weighted by Gasteiger charge is 2.16. The van der Waals surface area contributed by atoms with E-state index in [9.17, 15) is 4.39 Å². The van der Waals surface area contributed by atoms with Crippen LogP contribution in [0.5, 0.6) is 0 Å². The number of hydrazine groups is 1. The summed E-state index contributed by atoms with van der Waals surface area (Å²) in [4.78, 5) is 0. The second-order valence-corrected chi connectivity index (χ2v) is 5.38. The molecule has 0 aliphatic rings. The zero-order valence-corrected chi connectivity index (χ0v) is 12.2. The maximum absolute atomic E-state index is 14.1. The molecule has 0 radical (unpaired) electrons. The predicted octanol–water partition coefficient (Wildman–Crippen LogP) is 3.50. The molecular formula is C17H21FN2. The molecule has 2 rings (SSSR count). The van der Waals surface area contributed by atoms with Crippen LogP contribution in [0.25, 0.3) is 0 Å². The van der Waals surface area contributed by atoms with Crippen LogP contribution in [0.1, 0.15) is 33.9 Å². The number of halogens is 1. The van der Waals surface area contributed by atoms with E-state index in [4.69, 9.17) is 5.84 Å². The summed E-state index contributed by atoms with van der Waals surface area (Å²) in [5.74, 6) is 5.42. The molecule has 0 aliphatic heterocycles. The molecule has 0 saturated heterocycles. The summed E-state index contributed by atoms with van der Waals surface area (Å²) < 4.78 is 14.1. The molecule has 3 N–H and O–H groups in total. The first kappa shape index (κ1) is 14.7. The van der Waals surface area contributed by atoms with E-state index < -0.39 is 0 Å². The van der Waals surface area contributed by atoms with Crippen LogP contribution in [0.3, 0.4) is 0 Å². The van der Waals surface area contributed by atoms with Crippen molar-refractivity contribution in [2.75, 3.05) is 0 Å². The number of hydrogen-bond donors (Lipinski definition) is 2. The van der Waals surface area contributed by atoms with Gasteiger partial charge >= 0.3 is 0 Å². The number of nitrogens with one attached hydrogen (secondary N) is 1. The van der Waals surface area contributed by atoms with Crippen LogP contribution in [0, 0.1) is 26.6 Å². The first-order valence-electron chi connectivity index (χ1n) is 6.79. The van der Waals surface area contributed by atoms with Crippen molar-refractivity contribution in [3.8, 4) is 0 Å². The van der Waals surface area contributed by atoms with Crippen molar-refractivity contribution in [1.29, 1.82) is 0 Å². The molecule has 106 valence electrons. The van der Waals surface area contributed by atoms with Gasteiger partial charge in [0.25, 0.3) is 0 Å². The predicted molar refractivity (Wildman–Crippen MR) is 80.8 cm³/mol. The van der Waals surface area contributed by atoms with Gasteiger partial charge in [0.15, 0.2) is 0 Å². The van der Waals surface area contributed by atoms with Gasteiger partial charge in [-0.3, -0.25) is 11.3 Å². The highest BCUT2D eigenvalue weighted by atomic mass is 19.1. The van der Waals surface area contributed by atoms with E-state index in [1.165, 1.54) is 16.7 Å². The molecule has 0 bridgehead atoms. The monoisotopic (exact) mass is 272 g/mol. The highest BCUT2D eigenvalue weighted by molar-refractivity contribution is 5.33. The topological polar surface area (TPSA) is 38.0 Å². The zero-order chi connectivity index (χ0) is 14.7. The quantitative estimate of drug-likeness (QED) is 0.660. The first-order chi connectivity index (χ1) is 9.51. The fraction of sp³-hybridized carbons (Fsp3) is 0.294. The van der Waals surface area contributed by atoms with E-state index in [0.29, 0.717) is 12.0 Å². The number of hydrogen-bond acceptors (Lipinski definition) is 2. The van der Waals surface area contributed by atoms with Crippen molar-refractivity contribution >= 4 is 0 Å². The Hall–Kier alpha value is -1.71. The maximum atomic E-state index is 14.1. The van der Waals surface area contributed by atoms with Gasteiger partial charge in [-0.05, 0) is 49.9 Å². The van der Waals surface area contributed by atoms with Gasteiger partial charge in [0.2, 0.25) is 0 Å². The summed E-state index contributed by atoms with van der Waals surface area (Å²) in [5.41, 5.74) is 7.84. The van der Waals surface area contributed by atoms with E-state index in [-0.39, 0.29) is 11.9 Å². The molecule has 0 amide bonds. The van der Waals surface area contributed by atoms with Crippen LogP contribution in [0.2, 0.25) is 0 Å². The lowest BCUT2D eigenvalue weighted by Gasteiger charge is -2.19. The molecule has 2 aromatic rings. The van der Waals surface area contributed by atoms with Crippen molar-refractivity contribution in [1.82, 2.24) is 5.43 Å². The Bertz CT molecular complexity index is 608. The van der Waals surface area contributed by atoms with Crippen LogP contribution >= 0.6 is 0 Å². The third-order valence-electron chi connectivity index (χ3n) is 3.66. The minimum Gasteiger partial charge on any atom is -0.271 e. The van der Waals surface area contributed by atoms with Gasteiger partial charge in [-0.2, -0.15) is 0 Å². The van der Waals surface area contributed by atoms with Crippen LogP contribution in [0.4, 0.5) is 4.39 Å². The van der Waals surface area contributed by atoms with E-state index in [1.54, 1.807) is 12.1 Å². The van der Waals surface area contributed by atoms with Crippen LogP contribution < -0.4 is 11.3 Å². The van der Waals surface area contributed by atoms with E-state index in [0.717, 1.165) is 5.56 Å². The van der Waals surface area contributed by atoms with E-state index in [1.807, 2.05) is 13.0 Å². The number of aryl methyl sites for hydroxylation is 3. The van der Waals surface area contributed by atoms with Crippen molar-refractivity contribution in [2.24, 2.45) is 5.84 Å². The van der Waals surface area contributed by atoms with Gasteiger partial charge in [0.1, 0.15) is 5.82 Å². The van der Waals surface area contributed by atoms with Gasteiger partial charge in [0.05, 0.1) is 6.04 Å².